The lowest BCUT2D eigenvalue weighted by Gasteiger charge is -2.15. The van der Waals surface area contributed by atoms with Crippen LogP contribution >= 0.6 is 31.9 Å². The third-order valence-electron chi connectivity index (χ3n) is 4.38. The van der Waals surface area contributed by atoms with Crippen molar-refractivity contribution in [2.24, 2.45) is 5.10 Å². The standard InChI is InChI=1S/C21H18Br2N2O5/c1-4-30-16-10-13(17(22)18(23)19(16)29-3)9-15-11(2)24-25(20(15)26)14-7-5-12(6-8-14)21(27)28/h5-10H,4H2,1-3H3,(H,27,28)/b15-9-. The highest BCUT2D eigenvalue weighted by Crippen LogP contribution is 2.43. The predicted octanol–water partition coefficient (Wildman–Crippen LogP) is 5.12. The molecule has 0 atom stereocenters. The number of hydrogen-bond donors (Lipinski definition) is 1. The van der Waals surface area contributed by atoms with Crippen molar-refractivity contribution in [2.75, 3.05) is 18.7 Å². The second kappa shape index (κ2) is 9.01. The molecule has 9 heteroatoms. The molecule has 0 spiro atoms. The van der Waals surface area contributed by atoms with Crippen LogP contribution in [0.1, 0.15) is 29.8 Å². The number of hydrazone groups is 1. The molecule has 0 unspecified atom stereocenters. The van der Waals surface area contributed by atoms with Gasteiger partial charge in [0.15, 0.2) is 11.5 Å². The number of methoxy groups -OCH3 is 1. The van der Waals surface area contributed by atoms with E-state index in [0.717, 1.165) is 0 Å². The first-order chi connectivity index (χ1) is 14.3. The highest BCUT2D eigenvalue weighted by molar-refractivity contribution is 9.13. The summed E-state index contributed by atoms with van der Waals surface area (Å²) >= 11 is 7.04. The van der Waals surface area contributed by atoms with Crippen molar-refractivity contribution >= 4 is 61.2 Å². The van der Waals surface area contributed by atoms with Gasteiger partial charge in [-0.05, 0) is 87.7 Å². The summed E-state index contributed by atoms with van der Waals surface area (Å²) in [6, 6.07) is 7.75. The van der Waals surface area contributed by atoms with Crippen LogP contribution in [0.5, 0.6) is 11.5 Å². The van der Waals surface area contributed by atoms with Gasteiger partial charge in [-0.15, -0.1) is 0 Å². The van der Waals surface area contributed by atoms with Gasteiger partial charge in [-0.2, -0.15) is 10.1 Å². The Morgan fingerprint density at radius 1 is 1.23 bits per heavy atom. The minimum Gasteiger partial charge on any atom is -0.492 e. The van der Waals surface area contributed by atoms with E-state index in [0.29, 0.717) is 49.6 Å². The Hall–Kier alpha value is -2.65. The fourth-order valence-corrected chi connectivity index (χ4v) is 3.92. The Morgan fingerprint density at radius 3 is 2.47 bits per heavy atom. The lowest BCUT2D eigenvalue weighted by atomic mass is 10.1. The van der Waals surface area contributed by atoms with E-state index >= 15 is 0 Å². The quantitative estimate of drug-likeness (QED) is 0.516. The molecule has 2 aromatic carbocycles. The van der Waals surface area contributed by atoms with Crippen molar-refractivity contribution < 1.29 is 24.2 Å². The van der Waals surface area contributed by atoms with E-state index in [4.69, 9.17) is 14.6 Å². The van der Waals surface area contributed by atoms with Gasteiger partial charge >= 0.3 is 5.97 Å². The molecule has 0 bridgehead atoms. The number of halogens is 2. The van der Waals surface area contributed by atoms with Gasteiger partial charge in [0, 0.05) is 4.47 Å². The molecule has 0 saturated heterocycles. The number of aromatic carboxylic acids is 1. The Labute approximate surface area is 190 Å². The normalized spacial score (nSPS) is 14.8. The molecule has 0 radical (unpaired) electrons. The third-order valence-corrected chi connectivity index (χ3v) is 6.52. The topological polar surface area (TPSA) is 88.4 Å². The van der Waals surface area contributed by atoms with Crippen molar-refractivity contribution in [2.45, 2.75) is 13.8 Å². The number of carbonyl (C=O) groups is 2. The number of ether oxygens (including phenoxy) is 2. The second-order valence-corrected chi connectivity index (χ2v) is 7.86. The average Bonchev–Trinajstić information content (AvgIpc) is 3.00. The van der Waals surface area contributed by atoms with Crippen molar-refractivity contribution in [1.82, 2.24) is 0 Å². The van der Waals surface area contributed by atoms with Gasteiger partial charge < -0.3 is 14.6 Å². The highest BCUT2D eigenvalue weighted by atomic mass is 79.9. The van der Waals surface area contributed by atoms with Crippen LogP contribution in [0, 0.1) is 0 Å². The molecular formula is C21H18Br2N2O5. The molecule has 156 valence electrons. The van der Waals surface area contributed by atoms with E-state index in [-0.39, 0.29) is 11.5 Å². The van der Waals surface area contributed by atoms with Gasteiger partial charge in [-0.3, -0.25) is 4.79 Å². The largest absolute Gasteiger partial charge is 0.492 e. The maximum Gasteiger partial charge on any atom is 0.335 e. The number of hydrogen-bond acceptors (Lipinski definition) is 5. The summed E-state index contributed by atoms with van der Waals surface area (Å²) in [6.07, 6.45) is 1.73. The molecule has 30 heavy (non-hydrogen) atoms. The molecule has 3 rings (SSSR count). The minimum absolute atomic E-state index is 0.136. The van der Waals surface area contributed by atoms with Crippen LogP contribution in [-0.2, 0) is 4.79 Å². The number of amides is 1. The second-order valence-electron chi connectivity index (χ2n) is 6.27. The van der Waals surface area contributed by atoms with Crippen molar-refractivity contribution in [3.63, 3.8) is 0 Å². The summed E-state index contributed by atoms with van der Waals surface area (Å²) in [7, 11) is 1.55. The minimum atomic E-state index is -1.03. The molecule has 1 aliphatic rings. The van der Waals surface area contributed by atoms with E-state index in [9.17, 15) is 9.59 Å². The smallest absolute Gasteiger partial charge is 0.335 e. The van der Waals surface area contributed by atoms with E-state index in [1.54, 1.807) is 38.3 Å². The summed E-state index contributed by atoms with van der Waals surface area (Å²) in [5.41, 5.74) is 2.29. The van der Waals surface area contributed by atoms with Gasteiger partial charge in [-0.25, -0.2) is 4.79 Å². The Morgan fingerprint density at radius 2 is 1.90 bits per heavy atom. The van der Waals surface area contributed by atoms with Crippen LogP contribution in [0.25, 0.3) is 6.08 Å². The molecule has 2 aromatic rings. The Kier molecular flexibility index (Phi) is 6.62. The molecule has 0 aromatic heterocycles. The van der Waals surface area contributed by atoms with Gasteiger partial charge in [0.25, 0.3) is 5.91 Å². The monoisotopic (exact) mass is 536 g/mol. The number of carbonyl (C=O) groups excluding carboxylic acids is 1. The predicted molar refractivity (Wildman–Crippen MR) is 122 cm³/mol. The first-order valence-corrected chi connectivity index (χ1v) is 10.5. The maximum absolute atomic E-state index is 13.0. The first kappa shape index (κ1) is 22.0. The summed E-state index contributed by atoms with van der Waals surface area (Å²) in [6.45, 7) is 4.07. The van der Waals surface area contributed by atoms with Crippen molar-refractivity contribution in [1.29, 1.82) is 0 Å². The summed E-state index contributed by atoms with van der Waals surface area (Å²) in [5, 5.41) is 14.6. The number of rotatable bonds is 6. The lowest BCUT2D eigenvalue weighted by molar-refractivity contribution is -0.114. The van der Waals surface area contributed by atoms with Gasteiger partial charge in [0.05, 0.1) is 40.7 Å². The molecule has 0 saturated carbocycles. The molecule has 0 aliphatic carbocycles. The number of carboxylic acids is 1. The van der Waals surface area contributed by atoms with Crippen molar-refractivity contribution in [3.05, 3.63) is 56.0 Å². The fourth-order valence-electron chi connectivity index (χ4n) is 2.92. The third kappa shape index (κ3) is 4.13. The van der Waals surface area contributed by atoms with Crippen LogP contribution in [0.15, 0.2) is 50.0 Å². The summed E-state index contributed by atoms with van der Waals surface area (Å²) in [5.74, 6) is -0.251. The molecule has 1 N–H and O–H groups in total. The molecule has 1 amide bonds. The Balaban J connectivity index is 2.00. The molecule has 1 aliphatic heterocycles. The van der Waals surface area contributed by atoms with E-state index < -0.39 is 5.97 Å². The van der Waals surface area contributed by atoms with Gasteiger partial charge in [-0.1, -0.05) is 0 Å². The molecule has 7 nitrogen and oxygen atoms in total. The zero-order chi connectivity index (χ0) is 22.0. The van der Waals surface area contributed by atoms with Crippen LogP contribution < -0.4 is 14.5 Å². The first-order valence-electron chi connectivity index (χ1n) is 8.92. The van der Waals surface area contributed by atoms with Gasteiger partial charge in [0.1, 0.15) is 0 Å². The summed E-state index contributed by atoms with van der Waals surface area (Å²) < 4.78 is 12.5. The number of anilines is 1. The van der Waals surface area contributed by atoms with Gasteiger partial charge in [0.2, 0.25) is 0 Å². The number of carboxylic acid groups (broad SMARTS) is 1. The van der Waals surface area contributed by atoms with Crippen LogP contribution in [0.3, 0.4) is 0 Å². The zero-order valence-corrected chi connectivity index (χ0v) is 19.6. The summed E-state index contributed by atoms with van der Waals surface area (Å²) in [4.78, 5) is 24.1. The van der Waals surface area contributed by atoms with Crippen molar-refractivity contribution in [3.8, 4) is 11.5 Å². The van der Waals surface area contributed by atoms with Crippen LogP contribution in [0.4, 0.5) is 5.69 Å². The Bertz CT molecular complexity index is 1080. The average molecular weight is 538 g/mol. The van der Waals surface area contributed by atoms with Crippen LogP contribution in [0.2, 0.25) is 0 Å². The number of benzene rings is 2. The zero-order valence-electron chi connectivity index (χ0n) is 16.4. The van der Waals surface area contributed by atoms with Crippen LogP contribution in [-0.4, -0.2) is 36.4 Å². The van der Waals surface area contributed by atoms with E-state index in [1.807, 2.05) is 6.92 Å². The number of nitrogens with zero attached hydrogens (tertiary/aromatic N) is 2. The SMILES string of the molecule is CCOc1cc(/C=C2\C(=O)N(c3ccc(C(=O)O)cc3)N=C2C)c(Br)c(Br)c1OC. The fraction of sp³-hybridized carbons (Fsp3) is 0.190. The molecule has 0 fully saturated rings. The molecule has 1 heterocycles. The van der Waals surface area contributed by atoms with E-state index in [2.05, 4.69) is 37.0 Å². The highest BCUT2D eigenvalue weighted by Gasteiger charge is 2.29. The van der Waals surface area contributed by atoms with E-state index in [1.165, 1.54) is 17.1 Å². The molecular weight excluding hydrogens is 520 g/mol. The maximum atomic E-state index is 13.0. The lowest BCUT2D eigenvalue weighted by Crippen LogP contribution is -2.21.